The highest BCUT2D eigenvalue weighted by molar-refractivity contribution is 8.15. The average Bonchev–Trinajstić information content (AvgIpc) is 2.64. The van der Waals surface area contributed by atoms with E-state index in [4.69, 9.17) is 27.9 Å². The van der Waals surface area contributed by atoms with Gasteiger partial charge < -0.3 is 10.1 Å². The van der Waals surface area contributed by atoms with Crippen molar-refractivity contribution in [2.45, 2.75) is 11.7 Å². The number of anilines is 1. The van der Waals surface area contributed by atoms with Gasteiger partial charge in [-0.05, 0) is 30.3 Å². The molecule has 28 heavy (non-hydrogen) atoms. The molecule has 0 radical (unpaired) electrons. The Kier molecular flexibility index (Phi) is 6.49. The van der Waals surface area contributed by atoms with Crippen molar-refractivity contribution in [1.82, 2.24) is 4.90 Å². The quantitative estimate of drug-likeness (QED) is 0.758. The smallest absolute Gasteiger partial charge is 0.238 e. The van der Waals surface area contributed by atoms with Gasteiger partial charge >= 0.3 is 0 Å². The van der Waals surface area contributed by atoms with E-state index >= 15 is 0 Å². The van der Waals surface area contributed by atoms with Crippen molar-refractivity contribution in [2.24, 2.45) is 4.99 Å². The second-order valence-electron chi connectivity index (χ2n) is 5.97. The number of para-hydroxylation sites is 2. The van der Waals surface area contributed by atoms with Crippen LogP contribution in [0.3, 0.4) is 0 Å². The highest BCUT2D eigenvalue weighted by Crippen LogP contribution is 2.32. The van der Waals surface area contributed by atoms with E-state index < -0.39 is 5.25 Å². The van der Waals surface area contributed by atoms with Crippen LogP contribution in [0.25, 0.3) is 0 Å². The number of amides is 2. The third-order valence-corrected chi connectivity index (χ3v) is 5.68. The molecule has 0 aliphatic carbocycles. The van der Waals surface area contributed by atoms with Gasteiger partial charge in [0, 0.05) is 23.5 Å². The summed E-state index contributed by atoms with van der Waals surface area (Å²) < 4.78 is 5.25. The van der Waals surface area contributed by atoms with Crippen LogP contribution >= 0.6 is 35.0 Å². The lowest BCUT2D eigenvalue weighted by Crippen LogP contribution is -2.43. The molecule has 1 aliphatic heterocycles. The van der Waals surface area contributed by atoms with Gasteiger partial charge in [-0.1, -0.05) is 47.1 Å². The molecule has 9 heteroatoms. The SMILES string of the molecule is COc1ccccc1NC(=O)C1CC(=O)N(C)C(=Nc2cc(Cl)cc(Cl)c2)S1. The summed E-state index contributed by atoms with van der Waals surface area (Å²) in [4.78, 5) is 31.0. The first-order valence-corrected chi connectivity index (χ1v) is 9.93. The van der Waals surface area contributed by atoms with Crippen molar-refractivity contribution < 1.29 is 14.3 Å². The van der Waals surface area contributed by atoms with Crippen LogP contribution in [-0.2, 0) is 9.59 Å². The molecular weight excluding hydrogens is 421 g/mol. The fourth-order valence-electron chi connectivity index (χ4n) is 2.57. The van der Waals surface area contributed by atoms with E-state index in [2.05, 4.69) is 10.3 Å². The molecule has 0 spiro atoms. The maximum Gasteiger partial charge on any atom is 0.238 e. The molecule has 0 aromatic heterocycles. The maximum absolute atomic E-state index is 12.7. The molecule has 146 valence electrons. The number of halogens is 2. The number of thioether (sulfide) groups is 1. The van der Waals surface area contributed by atoms with E-state index in [1.54, 1.807) is 43.4 Å². The van der Waals surface area contributed by atoms with Gasteiger partial charge in [-0.3, -0.25) is 14.5 Å². The van der Waals surface area contributed by atoms with Gasteiger partial charge in [0.2, 0.25) is 11.8 Å². The number of rotatable bonds is 4. The number of nitrogens with one attached hydrogen (secondary N) is 1. The number of ether oxygens (including phenoxy) is 1. The van der Waals surface area contributed by atoms with E-state index in [-0.39, 0.29) is 18.2 Å². The predicted molar refractivity (Wildman–Crippen MR) is 114 cm³/mol. The summed E-state index contributed by atoms with van der Waals surface area (Å²) >= 11 is 13.2. The number of hydrogen-bond donors (Lipinski definition) is 1. The number of nitrogens with zero attached hydrogens (tertiary/aromatic N) is 2. The van der Waals surface area contributed by atoms with Crippen LogP contribution in [0.1, 0.15) is 6.42 Å². The second kappa shape index (κ2) is 8.86. The highest BCUT2D eigenvalue weighted by Gasteiger charge is 2.34. The lowest BCUT2D eigenvalue weighted by atomic mass is 10.2. The summed E-state index contributed by atoms with van der Waals surface area (Å²) in [5.41, 5.74) is 1.05. The molecule has 1 aliphatic rings. The minimum Gasteiger partial charge on any atom is -0.495 e. The number of methoxy groups -OCH3 is 1. The molecule has 0 saturated carbocycles. The molecule has 1 atom stereocenters. The molecule has 2 aromatic rings. The van der Waals surface area contributed by atoms with Gasteiger partial charge in [0.05, 0.1) is 18.5 Å². The normalized spacial score (nSPS) is 18.3. The number of carbonyl (C=O) groups excluding carboxylic acids is 2. The van der Waals surface area contributed by atoms with E-state index in [1.807, 2.05) is 6.07 Å². The maximum atomic E-state index is 12.7. The van der Waals surface area contributed by atoms with Crippen molar-refractivity contribution in [3.05, 3.63) is 52.5 Å². The Labute approximate surface area is 176 Å². The van der Waals surface area contributed by atoms with Crippen molar-refractivity contribution in [3.8, 4) is 5.75 Å². The summed E-state index contributed by atoms with van der Waals surface area (Å²) in [6.07, 6.45) is 0.0669. The molecule has 1 heterocycles. The minimum atomic E-state index is -0.623. The summed E-state index contributed by atoms with van der Waals surface area (Å²) in [6.45, 7) is 0. The zero-order chi connectivity index (χ0) is 20.3. The molecule has 1 fully saturated rings. The number of amidine groups is 1. The topological polar surface area (TPSA) is 71.0 Å². The lowest BCUT2D eigenvalue weighted by Gasteiger charge is -2.29. The largest absolute Gasteiger partial charge is 0.495 e. The fraction of sp³-hybridized carbons (Fsp3) is 0.211. The minimum absolute atomic E-state index is 0.0669. The molecule has 2 amide bonds. The number of benzene rings is 2. The van der Waals surface area contributed by atoms with E-state index in [1.165, 1.54) is 23.8 Å². The predicted octanol–water partition coefficient (Wildman–Crippen LogP) is 4.59. The average molecular weight is 438 g/mol. The number of aliphatic imine (C=N–C) groups is 1. The first-order valence-electron chi connectivity index (χ1n) is 8.29. The lowest BCUT2D eigenvalue weighted by molar-refractivity contribution is -0.128. The molecule has 1 unspecified atom stereocenters. The molecule has 6 nitrogen and oxygen atoms in total. The molecule has 2 aromatic carbocycles. The van der Waals surface area contributed by atoms with Gasteiger partial charge in [0.25, 0.3) is 0 Å². The first kappa shape index (κ1) is 20.5. The first-order chi connectivity index (χ1) is 13.4. The number of hydrogen-bond acceptors (Lipinski definition) is 5. The van der Waals surface area contributed by atoms with Crippen molar-refractivity contribution >= 4 is 63.3 Å². The molecule has 0 bridgehead atoms. The molecule has 3 rings (SSSR count). The highest BCUT2D eigenvalue weighted by atomic mass is 35.5. The standard InChI is InChI=1S/C19H17Cl2N3O3S/c1-24-17(25)10-16(18(26)23-14-5-3-4-6-15(14)27-2)28-19(24)22-13-8-11(20)7-12(21)9-13/h3-9,16H,10H2,1-2H3,(H,23,26). The monoisotopic (exact) mass is 437 g/mol. The Hall–Kier alpha value is -2.22. The Morgan fingerprint density at radius 2 is 1.93 bits per heavy atom. The van der Waals surface area contributed by atoms with Crippen molar-refractivity contribution in [2.75, 3.05) is 19.5 Å². The van der Waals surface area contributed by atoms with E-state index in [0.29, 0.717) is 32.3 Å². The van der Waals surface area contributed by atoms with Crippen LogP contribution in [0.15, 0.2) is 47.5 Å². The van der Waals surface area contributed by atoms with Crippen LogP contribution in [0.5, 0.6) is 5.75 Å². The van der Waals surface area contributed by atoms with Crippen LogP contribution in [0.4, 0.5) is 11.4 Å². The van der Waals surface area contributed by atoms with Gasteiger partial charge in [-0.15, -0.1) is 0 Å². The summed E-state index contributed by atoms with van der Waals surface area (Å²) in [7, 11) is 3.15. The van der Waals surface area contributed by atoms with Gasteiger partial charge in [0.1, 0.15) is 11.0 Å². The van der Waals surface area contributed by atoms with Gasteiger partial charge in [-0.25, -0.2) is 4.99 Å². The van der Waals surface area contributed by atoms with Gasteiger partial charge in [0.15, 0.2) is 5.17 Å². The number of carbonyl (C=O) groups is 2. The second-order valence-corrected chi connectivity index (χ2v) is 8.02. The fourth-order valence-corrected chi connectivity index (χ4v) is 4.15. The van der Waals surface area contributed by atoms with Crippen LogP contribution in [0.2, 0.25) is 10.0 Å². The Morgan fingerprint density at radius 3 is 2.61 bits per heavy atom. The van der Waals surface area contributed by atoms with Crippen LogP contribution in [-0.4, -0.2) is 41.3 Å². The summed E-state index contributed by atoms with van der Waals surface area (Å²) in [6, 6.07) is 12.0. The third-order valence-electron chi connectivity index (χ3n) is 4.00. The van der Waals surface area contributed by atoms with Crippen molar-refractivity contribution in [3.63, 3.8) is 0 Å². The molecule has 1 saturated heterocycles. The van der Waals surface area contributed by atoms with Gasteiger partial charge in [-0.2, -0.15) is 0 Å². The van der Waals surface area contributed by atoms with E-state index in [0.717, 1.165) is 0 Å². The summed E-state index contributed by atoms with van der Waals surface area (Å²) in [5, 5.41) is 3.47. The Morgan fingerprint density at radius 1 is 1.25 bits per heavy atom. The zero-order valence-electron chi connectivity index (χ0n) is 15.1. The molecular formula is C19H17Cl2N3O3S. The zero-order valence-corrected chi connectivity index (χ0v) is 17.4. The van der Waals surface area contributed by atoms with Crippen molar-refractivity contribution in [1.29, 1.82) is 0 Å². The Balaban J connectivity index is 1.82. The Bertz CT molecular complexity index is 932. The van der Waals surface area contributed by atoms with Crippen LogP contribution in [0, 0.1) is 0 Å². The summed E-state index contributed by atoms with van der Waals surface area (Å²) in [5.74, 6) is 0.0427. The van der Waals surface area contributed by atoms with Crippen LogP contribution < -0.4 is 10.1 Å². The molecule has 1 N–H and O–H groups in total. The third kappa shape index (κ3) is 4.79. The van der Waals surface area contributed by atoms with E-state index in [9.17, 15) is 9.59 Å².